The van der Waals surface area contributed by atoms with Crippen LogP contribution in [0.5, 0.6) is 0 Å². The Morgan fingerprint density at radius 3 is 2.81 bits per heavy atom. The van der Waals surface area contributed by atoms with Crippen molar-refractivity contribution in [2.75, 3.05) is 20.3 Å². The molecule has 21 heavy (non-hydrogen) atoms. The van der Waals surface area contributed by atoms with Crippen LogP contribution in [-0.2, 0) is 19.1 Å². The van der Waals surface area contributed by atoms with Crippen LogP contribution in [-0.4, -0.2) is 43.1 Å². The number of ether oxygens (including phenoxy) is 2. The average Bonchev–Trinajstić information content (AvgIpc) is 2.49. The highest BCUT2D eigenvalue weighted by atomic mass is 35.5. The fourth-order valence-corrected chi connectivity index (χ4v) is 1.56. The number of nitrogens with one attached hydrogen (secondary N) is 1. The third-order valence-electron chi connectivity index (χ3n) is 2.42. The van der Waals surface area contributed by atoms with Gasteiger partial charge in [-0.25, -0.2) is 9.78 Å². The van der Waals surface area contributed by atoms with Gasteiger partial charge >= 0.3 is 11.9 Å². The number of amides is 1. The summed E-state index contributed by atoms with van der Waals surface area (Å²) in [4.78, 5) is 37.6. The van der Waals surface area contributed by atoms with Crippen molar-refractivity contribution in [2.24, 2.45) is 0 Å². The number of carbonyl (C=O) groups excluding carboxylic acids is 3. The van der Waals surface area contributed by atoms with Gasteiger partial charge in [0.05, 0.1) is 12.7 Å². The van der Waals surface area contributed by atoms with Crippen LogP contribution in [0.3, 0.4) is 0 Å². The van der Waals surface area contributed by atoms with E-state index in [0.717, 1.165) is 0 Å². The first-order valence-corrected chi connectivity index (χ1v) is 6.53. The van der Waals surface area contributed by atoms with Gasteiger partial charge in [0.25, 0.3) is 5.91 Å². The van der Waals surface area contributed by atoms with Crippen LogP contribution < -0.4 is 5.32 Å². The molecular formula is C13H15ClN2O5. The summed E-state index contributed by atoms with van der Waals surface area (Å²) in [5, 5.41) is 2.53. The second-order valence-corrected chi connectivity index (χ2v) is 4.31. The normalized spacial score (nSPS) is 9.81. The van der Waals surface area contributed by atoms with E-state index in [2.05, 4.69) is 15.0 Å². The molecule has 1 amide bonds. The standard InChI is InChI=1S/C13H15ClN2O5/c1-20-11(18)5-3-6-15-10(17)8-21-13(19)9-4-2-7-16-12(9)14/h2,4,7H,3,5-6,8H2,1H3,(H,15,17). The van der Waals surface area contributed by atoms with E-state index in [0.29, 0.717) is 13.0 Å². The van der Waals surface area contributed by atoms with Gasteiger partial charge < -0.3 is 14.8 Å². The fraction of sp³-hybridized carbons (Fsp3) is 0.385. The fourth-order valence-electron chi connectivity index (χ4n) is 1.36. The number of esters is 2. The number of methoxy groups -OCH3 is 1. The number of pyridine rings is 1. The molecule has 1 aromatic heterocycles. The molecule has 114 valence electrons. The summed E-state index contributed by atoms with van der Waals surface area (Å²) >= 11 is 5.72. The first kappa shape index (κ1) is 16.9. The lowest BCUT2D eigenvalue weighted by Crippen LogP contribution is -2.30. The molecule has 0 saturated heterocycles. The quantitative estimate of drug-likeness (QED) is 0.457. The van der Waals surface area contributed by atoms with Gasteiger partial charge in [-0.3, -0.25) is 9.59 Å². The molecule has 1 aromatic rings. The molecule has 0 radical (unpaired) electrons. The predicted octanol–water partition coefficient (Wildman–Crippen LogP) is 0.961. The van der Waals surface area contributed by atoms with Crippen LogP contribution in [0.15, 0.2) is 18.3 Å². The highest BCUT2D eigenvalue weighted by Crippen LogP contribution is 2.12. The molecule has 0 aromatic carbocycles. The van der Waals surface area contributed by atoms with Gasteiger partial charge in [0.15, 0.2) is 6.61 Å². The lowest BCUT2D eigenvalue weighted by molar-refractivity contribution is -0.140. The molecular weight excluding hydrogens is 300 g/mol. The van der Waals surface area contributed by atoms with Crippen LogP contribution >= 0.6 is 11.6 Å². The van der Waals surface area contributed by atoms with Crippen molar-refractivity contribution in [1.29, 1.82) is 0 Å². The van der Waals surface area contributed by atoms with Gasteiger partial charge in [0.1, 0.15) is 5.15 Å². The first-order chi connectivity index (χ1) is 10.0. The Hall–Kier alpha value is -2.15. The second kappa shape index (κ2) is 8.91. The summed E-state index contributed by atoms with van der Waals surface area (Å²) in [7, 11) is 1.30. The van der Waals surface area contributed by atoms with Gasteiger partial charge in [-0.2, -0.15) is 0 Å². The minimum Gasteiger partial charge on any atom is -0.469 e. The van der Waals surface area contributed by atoms with Crippen LogP contribution in [0.4, 0.5) is 0 Å². The maximum absolute atomic E-state index is 11.6. The van der Waals surface area contributed by atoms with Crippen molar-refractivity contribution in [2.45, 2.75) is 12.8 Å². The van der Waals surface area contributed by atoms with Gasteiger partial charge in [-0.1, -0.05) is 11.6 Å². The zero-order chi connectivity index (χ0) is 15.7. The molecule has 8 heteroatoms. The van der Waals surface area contributed by atoms with Crippen molar-refractivity contribution in [3.8, 4) is 0 Å². The van der Waals surface area contributed by atoms with E-state index in [1.165, 1.54) is 25.4 Å². The average molecular weight is 315 g/mol. The molecule has 0 spiro atoms. The van der Waals surface area contributed by atoms with Crippen LogP contribution in [0.2, 0.25) is 5.15 Å². The maximum atomic E-state index is 11.6. The SMILES string of the molecule is COC(=O)CCCNC(=O)COC(=O)c1cccnc1Cl. The number of nitrogens with zero attached hydrogens (tertiary/aromatic N) is 1. The Bertz CT molecular complexity index is 521. The summed E-state index contributed by atoms with van der Waals surface area (Å²) in [5.74, 6) is -1.53. The zero-order valence-corrected chi connectivity index (χ0v) is 12.2. The molecule has 1 rings (SSSR count). The lowest BCUT2D eigenvalue weighted by Gasteiger charge is -2.06. The van der Waals surface area contributed by atoms with Crippen molar-refractivity contribution < 1.29 is 23.9 Å². The van der Waals surface area contributed by atoms with E-state index in [4.69, 9.17) is 16.3 Å². The van der Waals surface area contributed by atoms with E-state index in [9.17, 15) is 14.4 Å². The Balaban J connectivity index is 2.26. The van der Waals surface area contributed by atoms with Gasteiger partial charge in [-0.15, -0.1) is 0 Å². The third kappa shape index (κ3) is 6.22. The molecule has 1 heterocycles. The molecule has 1 N–H and O–H groups in total. The highest BCUT2D eigenvalue weighted by Gasteiger charge is 2.13. The number of hydrogen-bond donors (Lipinski definition) is 1. The molecule has 0 atom stereocenters. The third-order valence-corrected chi connectivity index (χ3v) is 2.72. The van der Waals surface area contributed by atoms with E-state index >= 15 is 0 Å². The van der Waals surface area contributed by atoms with Crippen LogP contribution in [0.25, 0.3) is 0 Å². The van der Waals surface area contributed by atoms with Gasteiger partial charge in [0.2, 0.25) is 0 Å². The first-order valence-electron chi connectivity index (χ1n) is 6.15. The van der Waals surface area contributed by atoms with E-state index in [1.54, 1.807) is 0 Å². The lowest BCUT2D eigenvalue weighted by atomic mass is 10.3. The molecule has 0 unspecified atom stereocenters. The number of rotatable bonds is 7. The molecule has 0 aliphatic carbocycles. The Labute approximate surface area is 126 Å². The van der Waals surface area contributed by atoms with Gasteiger partial charge in [-0.05, 0) is 18.6 Å². The Morgan fingerprint density at radius 1 is 1.38 bits per heavy atom. The van der Waals surface area contributed by atoms with E-state index < -0.39 is 18.5 Å². The monoisotopic (exact) mass is 314 g/mol. The van der Waals surface area contributed by atoms with Crippen molar-refractivity contribution in [3.63, 3.8) is 0 Å². The zero-order valence-electron chi connectivity index (χ0n) is 11.4. The Kier molecular flexibility index (Phi) is 7.17. The molecule has 0 aliphatic rings. The molecule has 7 nitrogen and oxygen atoms in total. The smallest absolute Gasteiger partial charge is 0.341 e. The maximum Gasteiger partial charge on any atom is 0.341 e. The number of hydrogen-bond acceptors (Lipinski definition) is 6. The van der Waals surface area contributed by atoms with Crippen molar-refractivity contribution in [1.82, 2.24) is 10.3 Å². The van der Waals surface area contributed by atoms with E-state index in [1.807, 2.05) is 0 Å². The highest BCUT2D eigenvalue weighted by molar-refractivity contribution is 6.32. The van der Waals surface area contributed by atoms with Crippen molar-refractivity contribution in [3.05, 3.63) is 29.0 Å². The summed E-state index contributed by atoms with van der Waals surface area (Å²) < 4.78 is 9.26. The molecule has 0 aliphatic heterocycles. The van der Waals surface area contributed by atoms with Crippen molar-refractivity contribution >= 4 is 29.4 Å². The number of halogens is 1. The van der Waals surface area contributed by atoms with Crippen LogP contribution in [0, 0.1) is 0 Å². The number of carbonyl (C=O) groups is 3. The Morgan fingerprint density at radius 2 is 2.14 bits per heavy atom. The summed E-state index contributed by atoms with van der Waals surface area (Å²) in [6.45, 7) is -0.137. The predicted molar refractivity (Wildman–Crippen MR) is 73.8 cm³/mol. The second-order valence-electron chi connectivity index (χ2n) is 3.95. The summed E-state index contributed by atoms with van der Waals surface area (Å²) in [5.41, 5.74) is 0.0951. The molecule has 0 bridgehead atoms. The summed E-state index contributed by atoms with van der Waals surface area (Å²) in [6, 6.07) is 2.99. The van der Waals surface area contributed by atoms with Gasteiger partial charge in [0, 0.05) is 19.2 Å². The largest absolute Gasteiger partial charge is 0.469 e. The number of aromatic nitrogens is 1. The van der Waals surface area contributed by atoms with Crippen LogP contribution in [0.1, 0.15) is 23.2 Å². The topological polar surface area (TPSA) is 94.6 Å². The minimum atomic E-state index is -0.724. The van der Waals surface area contributed by atoms with E-state index in [-0.39, 0.29) is 23.1 Å². The molecule has 0 fully saturated rings. The summed E-state index contributed by atoms with van der Waals surface area (Å²) in [6.07, 6.45) is 2.09. The minimum absolute atomic E-state index is 0.0148. The molecule has 0 saturated carbocycles.